The van der Waals surface area contributed by atoms with E-state index in [4.69, 9.17) is 25.8 Å². The van der Waals surface area contributed by atoms with Crippen molar-refractivity contribution < 1.29 is 19.0 Å². The number of hydrogen-bond donors (Lipinski definition) is 0. The Hall–Kier alpha value is -2.66. The molecule has 0 aliphatic carbocycles. The van der Waals surface area contributed by atoms with Crippen molar-refractivity contribution in [3.05, 3.63) is 59.1 Å². The van der Waals surface area contributed by atoms with E-state index in [0.717, 1.165) is 11.3 Å². The molecule has 1 amide bonds. The summed E-state index contributed by atoms with van der Waals surface area (Å²) < 4.78 is 16.4. The maximum absolute atomic E-state index is 12.3. The van der Waals surface area contributed by atoms with Crippen LogP contribution in [0.25, 0.3) is 6.08 Å². The molecule has 0 unspecified atom stereocenters. The predicted molar refractivity (Wildman–Crippen MR) is 108 cm³/mol. The summed E-state index contributed by atoms with van der Waals surface area (Å²) in [5.41, 5.74) is 0.756. The fourth-order valence-electron chi connectivity index (χ4n) is 2.37. The normalized spacial score (nSPS) is 10.7. The molecule has 0 radical (unpaired) electrons. The van der Waals surface area contributed by atoms with Crippen molar-refractivity contribution in [3.8, 4) is 17.2 Å². The number of para-hydroxylation sites is 1. The Morgan fingerprint density at radius 1 is 1.19 bits per heavy atom. The Morgan fingerprint density at radius 2 is 1.93 bits per heavy atom. The van der Waals surface area contributed by atoms with Gasteiger partial charge in [0.2, 0.25) is 5.91 Å². The highest BCUT2D eigenvalue weighted by Crippen LogP contribution is 2.36. The highest BCUT2D eigenvalue weighted by atomic mass is 35.5. The minimum Gasteiger partial charge on any atom is -0.492 e. The Kier molecular flexibility index (Phi) is 8.01. The van der Waals surface area contributed by atoms with Gasteiger partial charge in [0, 0.05) is 13.1 Å². The molecule has 5 nitrogen and oxygen atoms in total. The number of amides is 1. The lowest BCUT2D eigenvalue weighted by Crippen LogP contribution is -2.29. The van der Waals surface area contributed by atoms with Gasteiger partial charge in [-0.15, -0.1) is 0 Å². The third kappa shape index (κ3) is 6.22. The molecular weight excluding hydrogens is 366 g/mol. The number of ether oxygens (including phenoxy) is 3. The standard InChI is InChI=1S/C21H24ClNO4/c1-4-26-19-15-16(14-18(22)21(19)25-3)10-11-20(24)23(2)12-13-27-17-8-6-5-7-9-17/h5-11,14-15H,4,12-13H2,1-3H3/b11-10+. The smallest absolute Gasteiger partial charge is 0.246 e. The van der Waals surface area contributed by atoms with Gasteiger partial charge in [-0.25, -0.2) is 0 Å². The predicted octanol–water partition coefficient (Wildman–Crippen LogP) is 4.30. The fraction of sp³-hybridized carbons (Fsp3) is 0.286. The summed E-state index contributed by atoms with van der Waals surface area (Å²) >= 11 is 6.22. The van der Waals surface area contributed by atoms with E-state index < -0.39 is 0 Å². The lowest BCUT2D eigenvalue weighted by Gasteiger charge is -2.15. The van der Waals surface area contributed by atoms with E-state index in [1.54, 1.807) is 30.2 Å². The summed E-state index contributed by atoms with van der Waals surface area (Å²) in [5.74, 6) is 1.68. The number of methoxy groups -OCH3 is 1. The van der Waals surface area contributed by atoms with Gasteiger partial charge in [-0.2, -0.15) is 0 Å². The Bertz CT molecular complexity index is 777. The lowest BCUT2D eigenvalue weighted by molar-refractivity contribution is -0.125. The molecule has 0 atom stereocenters. The molecular formula is C21H24ClNO4. The average molecular weight is 390 g/mol. The zero-order valence-corrected chi connectivity index (χ0v) is 16.5. The molecule has 0 saturated carbocycles. The van der Waals surface area contributed by atoms with Crippen molar-refractivity contribution in [2.45, 2.75) is 6.92 Å². The van der Waals surface area contributed by atoms with E-state index in [2.05, 4.69) is 0 Å². The average Bonchev–Trinajstić information content (AvgIpc) is 2.67. The number of nitrogens with zero attached hydrogens (tertiary/aromatic N) is 1. The molecule has 0 aromatic heterocycles. The second-order valence-electron chi connectivity index (χ2n) is 5.72. The minimum atomic E-state index is -0.128. The highest BCUT2D eigenvalue weighted by molar-refractivity contribution is 6.32. The van der Waals surface area contributed by atoms with Crippen molar-refractivity contribution >= 4 is 23.6 Å². The van der Waals surface area contributed by atoms with Gasteiger partial charge in [-0.1, -0.05) is 29.8 Å². The number of likely N-dealkylation sites (N-methyl/N-ethyl adjacent to an activating group) is 1. The fourth-order valence-corrected chi connectivity index (χ4v) is 2.66. The van der Waals surface area contributed by atoms with Crippen LogP contribution < -0.4 is 14.2 Å². The van der Waals surface area contributed by atoms with E-state index in [0.29, 0.717) is 36.3 Å². The Morgan fingerprint density at radius 3 is 2.59 bits per heavy atom. The number of carbonyl (C=O) groups is 1. The first-order chi connectivity index (χ1) is 13.0. The van der Waals surface area contributed by atoms with Gasteiger partial charge < -0.3 is 19.1 Å². The number of hydrogen-bond acceptors (Lipinski definition) is 4. The van der Waals surface area contributed by atoms with Gasteiger partial charge in [-0.05, 0) is 42.8 Å². The molecule has 144 valence electrons. The van der Waals surface area contributed by atoms with Gasteiger partial charge >= 0.3 is 0 Å². The van der Waals surface area contributed by atoms with Gasteiger partial charge in [0.05, 0.1) is 25.3 Å². The molecule has 27 heavy (non-hydrogen) atoms. The second kappa shape index (κ2) is 10.5. The first kappa shape index (κ1) is 20.6. The first-order valence-corrected chi connectivity index (χ1v) is 9.04. The van der Waals surface area contributed by atoms with Gasteiger partial charge in [0.15, 0.2) is 11.5 Å². The van der Waals surface area contributed by atoms with Crippen LogP contribution in [0.3, 0.4) is 0 Å². The van der Waals surface area contributed by atoms with Crippen LogP contribution in [0.15, 0.2) is 48.5 Å². The maximum atomic E-state index is 12.3. The Labute approximate surface area is 165 Å². The van der Waals surface area contributed by atoms with Crippen molar-refractivity contribution in [2.24, 2.45) is 0 Å². The zero-order valence-electron chi connectivity index (χ0n) is 15.8. The molecule has 0 aliphatic rings. The largest absolute Gasteiger partial charge is 0.492 e. The van der Waals surface area contributed by atoms with E-state index in [9.17, 15) is 4.79 Å². The monoisotopic (exact) mass is 389 g/mol. The van der Waals surface area contributed by atoms with E-state index in [1.165, 1.54) is 13.2 Å². The molecule has 2 aromatic carbocycles. The number of carbonyl (C=O) groups excluding carboxylic acids is 1. The number of halogens is 1. The van der Waals surface area contributed by atoms with Gasteiger partial charge in [0.25, 0.3) is 0 Å². The van der Waals surface area contributed by atoms with Crippen LogP contribution in [0.1, 0.15) is 12.5 Å². The molecule has 0 fully saturated rings. The number of rotatable bonds is 9. The summed E-state index contributed by atoms with van der Waals surface area (Å²) in [6.45, 7) is 3.27. The SMILES string of the molecule is CCOc1cc(/C=C/C(=O)N(C)CCOc2ccccc2)cc(Cl)c1OC. The van der Waals surface area contributed by atoms with Crippen LogP contribution in [0.2, 0.25) is 5.02 Å². The van der Waals surface area contributed by atoms with Crippen LogP contribution >= 0.6 is 11.6 Å². The van der Waals surface area contributed by atoms with Gasteiger partial charge in [-0.3, -0.25) is 4.79 Å². The van der Waals surface area contributed by atoms with Crippen LogP contribution in [-0.2, 0) is 4.79 Å². The van der Waals surface area contributed by atoms with E-state index >= 15 is 0 Å². The topological polar surface area (TPSA) is 48.0 Å². The number of benzene rings is 2. The minimum absolute atomic E-state index is 0.128. The van der Waals surface area contributed by atoms with Crippen molar-refractivity contribution in [2.75, 3.05) is 33.9 Å². The first-order valence-electron chi connectivity index (χ1n) is 8.66. The van der Waals surface area contributed by atoms with Crippen LogP contribution in [0.5, 0.6) is 17.2 Å². The van der Waals surface area contributed by atoms with Crippen LogP contribution in [-0.4, -0.2) is 44.7 Å². The third-order valence-electron chi connectivity index (χ3n) is 3.77. The summed E-state index contributed by atoms with van der Waals surface area (Å²) in [6, 6.07) is 13.0. The van der Waals surface area contributed by atoms with Crippen LogP contribution in [0.4, 0.5) is 0 Å². The molecule has 2 rings (SSSR count). The van der Waals surface area contributed by atoms with Crippen molar-refractivity contribution in [1.29, 1.82) is 0 Å². The van der Waals surface area contributed by atoms with Crippen molar-refractivity contribution in [3.63, 3.8) is 0 Å². The molecule has 0 bridgehead atoms. The quantitative estimate of drug-likeness (QED) is 0.600. The second-order valence-corrected chi connectivity index (χ2v) is 6.13. The molecule has 0 aliphatic heterocycles. The molecule has 2 aromatic rings. The molecule has 6 heteroatoms. The molecule has 0 saturated heterocycles. The highest BCUT2D eigenvalue weighted by Gasteiger charge is 2.11. The van der Waals surface area contributed by atoms with Gasteiger partial charge in [0.1, 0.15) is 12.4 Å². The Balaban J connectivity index is 1.94. The summed E-state index contributed by atoms with van der Waals surface area (Å²) in [7, 11) is 3.27. The zero-order chi connectivity index (χ0) is 19.6. The van der Waals surface area contributed by atoms with E-state index in [1.807, 2.05) is 37.3 Å². The maximum Gasteiger partial charge on any atom is 0.246 e. The summed E-state index contributed by atoms with van der Waals surface area (Å²) in [6.07, 6.45) is 3.20. The molecule has 0 N–H and O–H groups in total. The summed E-state index contributed by atoms with van der Waals surface area (Å²) in [5, 5.41) is 0.431. The molecule has 0 spiro atoms. The third-order valence-corrected chi connectivity index (χ3v) is 4.05. The van der Waals surface area contributed by atoms with E-state index in [-0.39, 0.29) is 5.91 Å². The molecule has 0 heterocycles. The summed E-state index contributed by atoms with van der Waals surface area (Å²) in [4.78, 5) is 13.9. The van der Waals surface area contributed by atoms with Crippen LogP contribution in [0, 0.1) is 0 Å². The van der Waals surface area contributed by atoms with Crippen molar-refractivity contribution in [1.82, 2.24) is 4.90 Å². The lowest BCUT2D eigenvalue weighted by atomic mass is 10.2.